The van der Waals surface area contributed by atoms with Gasteiger partial charge in [0.1, 0.15) is 0 Å². The van der Waals surface area contributed by atoms with Crippen LogP contribution in [0.1, 0.15) is 24.0 Å². The molecular formula is C11H13N. The van der Waals surface area contributed by atoms with Crippen molar-refractivity contribution < 1.29 is 0 Å². The molecule has 0 aromatic heterocycles. The Kier molecular flexibility index (Phi) is 1.17. The Morgan fingerprint density at radius 2 is 2.00 bits per heavy atom. The second-order valence-electron chi connectivity index (χ2n) is 4.04. The normalized spacial score (nSPS) is 23.7. The Bertz CT molecular complexity index is 313. The molecule has 0 bridgehead atoms. The van der Waals surface area contributed by atoms with Gasteiger partial charge in [0.15, 0.2) is 0 Å². The quantitative estimate of drug-likeness (QED) is 0.609. The van der Waals surface area contributed by atoms with E-state index in [9.17, 15) is 0 Å². The highest BCUT2D eigenvalue weighted by Crippen LogP contribution is 2.50. The second-order valence-corrected chi connectivity index (χ2v) is 4.04. The van der Waals surface area contributed by atoms with E-state index in [-0.39, 0.29) is 0 Å². The summed E-state index contributed by atoms with van der Waals surface area (Å²) in [6, 6.07) is 8.87. The molecule has 12 heavy (non-hydrogen) atoms. The highest BCUT2D eigenvalue weighted by Gasteiger charge is 2.46. The molecule has 0 atom stereocenters. The van der Waals surface area contributed by atoms with E-state index in [0.717, 1.165) is 6.54 Å². The predicted octanol–water partition coefficient (Wildman–Crippen LogP) is 1.82. The third-order valence-corrected chi connectivity index (χ3v) is 3.22. The Morgan fingerprint density at radius 1 is 1.17 bits per heavy atom. The van der Waals surface area contributed by atoms with Gasteiger partial charge in [0.2, 0.25) is 0 Å². The molecule has 0 saturated heterocycles. The van der Waals surface area contributed by atoms with Crippen LogP contribution in [-0.2, 0) is 12.0 Å². The van der Waals surface area contributed by atoms with Crippen molar-refractivity contribution in [3.63, 3.8) is 0 Å². The number of hydrogen-bond acceptors (Lipinski definition) is 1. The highest BCUT2D eigenvalue weighted by atomic mass is 14.9. The summed E-state index contributed by atoms with van der Waals surface area (Å²) in [7, 11) is 0. The smallest absolute Gasteiger partial charge is 0.0208 e. The molecular weight excluding hydrogens is 146 g/mol. The SMILES string of the molecule is c1ccc2c(c1)CNCC21CC1. The van der Waals surface area contributed by atoms with E-state index in [2.05, 4.69) is 29.6 Å². The molecule has 62 valence electrons. The van der Waals surface area contributed by atoms with E-state index in [1.165, 1.54) is 24.9 Å². The fourth-order valence-electron chi connectivity index (χ4n) is 2.32. The van der Waals surface area contributed by atoms with Gasteiger partial charge in [-0.05, 0) is 24.0 Å². The van der Waals surface area contributed by atoms with Crippen molar-refractivity contribution in [1.29, 1.82) is 0 Å². The Morgan fingerprint density at radius 3 is 2.83 bits per heavy atom. The zero-order valence-electron chi connectivity index (χ0n) is 7.14. The highest BCUT2D eigenvalue weighted by molar-refractivity contribution is 5.40. The lowest BCUT2D eigenvalue weighted by Crippen LogP contribution is -2.33. The van der Waals surface area contributed by atoms with Crippen LogP contribution in [-0.4, -0.2) is 6.54 Å². The van der Waals surface area contributed by atoms with Crippen molar-refractivity contribution in [3.05, 3.63) is 35.4 Å². The summed E-state index contributed by atoms with van der Waals surface area (Å²) in [6.07, 6.45) is 2.77. The molecule has 1 heterocycles. The predicted molar refractivity (Wildman–Crippen MR) is 49.1 cm³/mol. The van der Waals surface area contributed by atoms with Gasteiger partial charge in [-0.2, -0.15) is 0 Å². The molecule has 1 saturated carbocycles. The van der Waals surface area contributed by atoms with Gasteiger partial charge in [0.05, 0.1) is 0 Å². The molecule has 1 aliphatic carbocycles. The van der Waals surface area contributed by atoms with Crippen molar-refractivity contribution in [3.8, 4) is 0 Å². The molecule has 1 spiro atoms. The van der Waals surface area contributed by atoms with Crippen LogP contribution < -0.4 is 5.32 Å². The summed E-state index contributed by atoms with van der Waals surface area (Å²) in [5.74, 6) is 0. The molecule has 1 N–H and O–H groups in total. The van der Waals surface area contributed by atoms with Gasteiger partial charge >= 0.3 is 0 Å². The fourth-order valence-corrected chi connectivity index (χ4v) is 2.32. The molecule has 1 fully saturated rings. The van der Waals surface area contributed by atoms with Gasteiger partial charge in [0.25, 0.3) is 0 Å². The summed E-state index contributed by atoms with van der Waals surface area (Å²) in [6.45, 7) is 2.27. The van der Waals surface area contributed by atoms with E-state index in [4.69, 9.17) is 0 Å². The third kappa shape index (κ3) is 0.774. The second kappa shape index (κ2) is 2.11. The molecule has 1 nitrogen and oxygen atoms in total. The van der Waals surface area contributed by atoms with E-state index in [1.807, 2.05) is 0 Å². The lowest BCUT2D eigenvalue weighted by molar-refractivity contribution is 0.531. The number of nitrogens with one attached hydrogen (secondary N) is 1. The van der Waals surface area contributed by atoms with Crippen LogP contribution in [0.4, 0.5) is 0 Å². The molecule has 1 heteroatoms. The van der Waals surface area contributed by atoms with Crippen LogP contribution in [0, 0.1) is 0 Å². The Hall–Kier alpha value is -0.820. The van der Waals surface area contributed by atoms with E-state index in [1.54, 1.807) is 5.56 Å². The minimum atomic E-state index is 0.550. The van der Waals surface area contributed by atoms with E-state index in [0.29, 0.717) is 5.41 Å². The first-order chi connectivity index (χ1) is 5.91. The minimum Gasteiger partial charge on any atom is -0.312 e. The van der Waals surface area contributed by atoms with Gasteiger partial charge in [0, 0.05) is 18.5 Å². The van der Waals surface area contributed by atoms with Crippen molar-refractivity contribution in [2.45, 2.75) is 24.8 Å². The molecule has 3 rings (SSSR count). The van der Waals surface area contributed by atoms with E-state index < -0.39 is 0 Å². The molecule has 2 aliphatic rings. The lowest BCUT2D eigenvalue weighted by Gasteiger charge is -2.25. The first-order valence-corrected chi connectivity index (χ1v) is 4.70. The van der Waals surface area contributed by atoms with Crippen LogP contribution in [0.25, 0.3) is 0 Å². The minimum absolute atomic E-state index is 0.550. The number of benzene rings is 1. The average molecular weight is 159 g/mol. The zero-order valence-corrected chi connectivity index (χ0v) is 7.14. The number of hydrogen-bond donors (Lipinski definition) is 1. The topological polar surface area (TPSA) is 12.0 Å². The first-order valence-electron chi connectivity index (χ1n) is 4.70. The van der Waals surface area contributed by atoms with Crippen LogP contribution in [0.15, 0.2) is 24.3 Å². The standard InChI is InChI=1S/C11H13N/c1-2-4-10-9(3-1)7-12-8-11(10)5-6-11/h1-4,12H,5-8H2. The van der Waals surface area contributed by atoms with Crippen LogP contribution in [0.2, 0.25) is 0 Å². The molecule has 1 aliphatic heterocycles. The lowest BCUT2D eigenvalue weighted by atomic mass is 9.88. The maximum absolute atomic E-state index is 3.49. The monoisotopic (exact) mass is 159 g/mol. The summed E-state index contributed by atoms with van der Waals surface area (Å²) in [5, 5.41) is 3.49. The molecule has 0 radical (unpaired) electrons. The summed E-state index contributed by atoms with van der Waals surface area (Å²) in [5.41, 5.74) is 3.68. The molecule has 1 aromatic carbocycles. The summed E-state index contributed by atoms with van der Waals surface area (Å²) >= 11 is 0. The molecule has 1 aromatic rings. The van der Waals surface area contributed by atoms with Crippen molar-refractivity contribution in [2.24, 2.45) is 0 Å². The van der Waals surface area contributed by atoms with Crippen LogP contribution in [0.3, 0.4) is 0 Å². The van der Waals surface area contributed by atoms with Crippen LogP contribution >= 0.6 is 0 Å². The first kappa shape index (κ1) is 6.67. The van der Waals surface area contributed by atoms with Gasteiger partial charge in [-0.15, -0.1) is 0 Å². The van der Waals surface area contributed by atoms with Crippen molar-refractivity contribution >= 4 is 0 Å². The summed E-state index contributed by atoms with van der Waals surface area (Å²) in [4.78, 5) is 0. The zero-order chi connectivity index (χ0) is 8.02. The van der Waals surface area contributed by atoms with Crippen LogP contribution in [0.5, 0.6) is 0 Å². The number of rotatable bonds is 0. The maximum atomic E-state index is 3.49. The number of fused-ring (bicyclic) bond motifs is 2. The van der Waals surface area contributed by atoms with Gasteiger partial charge in [-0.1, -0.05) is 24.3 Å². The van der Waals surface area contributed by atoms with Crippen molar-refractivity contribution in [1.82, 2.24) is 5.32 Å². The van der Waals surface area contributed by atoms with Gasteiger partial charge in [-0.25, -0.2) is 0 Å². The Balaban J connectivity index is 2.16. The van der Waals surface area contributed by atoms with Crippen molar-refractivity contribution in [2.75, 3.05) is 6.54 Å². The molecule has 0 amide bonds. The van der Waals surface area contributed by atoms with E-state index >= 15 is 0 Å². The van der Waals surface area contributed by atoms with Gasteiger partial charge < -0.3 is 5.32 Å². The van der Waals surface area contributed by atoms with Gasteiger partial charge in [-0.3, -0.25) is 0 Å². The Labute approximate surface area is 72.8 Å². The third-order valence-electron chi connectivity index (χ3n) is 3.22. The average Bonchev–Trinajstić information content (AvgIpc) is 2.87. The largest absolute Gasteiger partial charge is 0.312 e. The maximum Gasteiger partial charge on any atom is 0.0208 e. The summed E-state index contributed by atoms with van der Waals surface area (Å²) < 4.78 is 0. The molecule has 0 unspecified atom stereocenters. The fraction of sp³-hybridized carbons (Fsp3) is 0.455.